The Labute approximate surface area is 96.9 Å². The molecule has 1 aliphatic rings. The van der Waals surface area contributed by atoms with Crippen molar-refractivity contribution < 1.29 is 13.5 Å². The Bertz CT molecular complexity index is 462. The lowest BCUT2D eigenvalue weighted by Crippen LogP contribution is -2.23. The van der Waals surface area contributed by atoms with Gasteiger partial charge in [0.25, 0.3) is 0 Å². The van der Waals surface area contributed by atoms with Crippen molar-refractivity contribution >= 4 is 16.8 Å². The molecule has 1 aliphatic heterocycles. The Balaban J connectivity index is 2.61. The molecule has 2 nitrogen and oxygen atoms in total. The van der Waals surface area contributed by atoms with E-state index in [0.29, 0.717) is 0 Å². The van der Waals surface area contributed by atoms with Gasteiger partial charge in [0.05, 0.1) is 11.6 Å². The molecule has 0 radical (unpaired) electrons. The minimum Gasteiger partial charge on any atom is -0.485 e. The van der Waals surface area contributed by atoms with E-state index < -0.39 is 11.6 Å². The van der Waals surface area contributed by atoms with Crippen LogP contribution in [0.2, 0.25) is 0 Å². The van der Waals surface area contributed by atoms with Gasteiger partial charge in [-0.1, -0.05) is 11.6 Å². The molecule has 0 saturated carbocycles. The van der Waals surface area contributed by atoms with E-state index in [9.17, 15) is 8.78 Å². The smallest absolute Gasteiger partial charge is 0.201 e. The fraction of sp³-hybridized carbons (Fsp3) is 0.364. The van der Waals surface area contributed by atoms with Crippen LogP contribution in [0.15, 0.2) is 17.1 Å². The molecule has 0 spiro atoms. The molecule has 0 N–H and O–H groups in total. The third-order valence-corrected chi connectivity index (χ3v) is 2.87. The number of hydrogen-bond acceptors (Lipinski definition) is 2. The molecule has 0 unspecified atom stereocenters. The van der Waals surface area contributed by atoms with Crippen LogP contribution >= 0.6 is 11.6 Å². The quantitative estimate of drug-likeness (QED) is 0.688. The van der Waals surface area contributed by atoms with Crippen LogP contribution in [0.5, 0.6) is 5.75 Å². The van der Waals surface area contributed by atoms with E-state index in [4.69, 9.17) is 16.3 Å². The number of aliphatic imine (C=N–C) groups is 1. The van der Waals surface area contributed by atoms with E-state index in [2.05, 4.69) is 4.99 Å². The highest BCUT2D eigenvalue weighted by atomic mass is 35.5. The maximum absolute atomic E-state index is 13.5. The van der Waals surface area contributed by atoms with Crippen molar-refractivity contribution in [3.63, 3.8) is 0 Å². The summed E-state index contributed by atoms with van der Waals surface area (Å²) >= 11 is 5.92. The molecule has 0 bridgehead atoms. The summed E-state index contributed by atoms with van der Waals surface area (Å²) in [5.41, 5.74) is 0.289. The van der Waals surface area contributed by atoms with Gasteiger partial charge in [-0.15, -0.1) is 0 Å². The second-order valence-electron chi connectivity index (χ2n) is 3.72. The zero-order chi connectivity index (χ0) is 11.9. The second kappa shape index (κ2) is 4.01. The summed E-state index contributed by atoms with van der Waals surface area (Å²) in [6.07, 6.45) is -0.355. The lowest BCUT2D eigenvalue weighted by molar-refractivity contribution is 0.189. The van der Waals surface area contributed by atoms with Crippen molar-refractivity contribution in [2.45, 2.75) is 26.0 Å². The zero-order valence-electron chi connectivity index (χ0n) is 8.80. The van der Waals surface area contributed by atoms with Crippen molar-refractivity contribution in [1.29, 1.82) is 0 Å². The first-order valence-electron chi connectivity index (χ1n) is 4.89. The molecule has 5 heteroatoms. The van der Waals surface area contributed by atoms with E-state index in [1.165, 1.54) is 6.07 Å². The third kappa shape index (κ3) is 1.78. The van der Waals surface area contributed by atoms with Crippen molar-refractivity contribution in [2.75, 3.05) is 0 Å². The number of nitrogens with zero attached hydrogens (tertiary/aromatic N) is 1. The highest BCUT2D eigenvalue weighted by Crippen LogP contribution is 2.31. The summed E-state index contributed by atoms with van der Waals surface area (Å²) in [5, 5.41) is 0.144. The summed E-state index contributed by atoms with van der Waals surface area (Å²) in [7, 11) is 0. The van der Waals surface area contributed by atoms with Crippen LogP contribution in [-0.4, -0.2) is 17.3 Å². The first kappa shape index (κ1) is 11.3. The normalized spacial score (nSPS) is 24.2. The minimum absolute atomic E-state index is 0.144. The van der Waals surface area contributed by atoms with Crippen molar-refractivity contribution in [2.24, 2.45) is 4.99 Å². The fourth-order valence-electron chi connectivity index (χ4n) is 1.45. The van der Waals surface area contributed by atoms with Crippen molar-refractivity contribution in [3.8, 4) is 5.75 Å². The van der Waals surface area contributed by atoms with Gasteiger partial charge in [0, 0.05) is 0 Å². The average Bonchev–Trinajstić information content (AvgIpc) is 2.33. The molecule has 0 amide bonds. The van der Waals surface area contributed by atoms with E-state index in [0.717, 1.165) is 6.07 Å². The fourth-order valence-corrected chi connectivity index (χ4v) is 1.75. The number of fused-ring (bicyclic) bond motifs is 1. The van der Waals surface area contributed by atoms with Crippen molar-refractivity contribution in [3.05, 3.63) is 29.3 Å². The highest BCUT2D eigenvalue weighted by molar-refractivity contribution is 6.70. The number of hydrogen-bond donors (Lipinski definition) is 0. The molecule has 0 aliphatic carbocycles. The molecule has 1 aromatic carbocycles. The van der Waals surface area contributed by atoms with Crippen LogP contribution in [0.3, 0.4) is 0 Å². The molecule has 0 fully saturated rings. The molecule has 0 saturated heterocycles. The lowest BCUT2D eigenvalue weighted by atomic mass is 10.2. The van der Waals surface area contributed by atoms with E-state index in [1.54, 1.807) is 13.8 Å². The van der Waals surface area contributed by atoms with Crippen LogP contribution in [-0.2, 0) is 0 Å². The molecule has 1 aromatic rings. The van der Waals surface area contributed by atoms with Crippen LogP contribution in [0.1, 0.15) is 19.4 Å². The Morgan fingerprint density at radius 3 is 2.69 bits per heavy atom. The van der Waals surface area contributed by atoms with Gasteiger partial charge in [-0.25, -0.2) is 4.39 Å². The summed E-state index contributed by atoms with van der Waals surface area (Å²) in [4.78, 5) is 4.14. The summed E-state index contributed by atoms with van der Waals surface area (Å²) in [6.45, 7) is 3.53. The summed E-state index contributed by atoms with van der Waals surface area (Å²) in [5.74, 6) is -2.14. The molecule has 2 atom stereocenters. The monoisotopic (exact) mass is 245 g/mol. The predicted molar refractivity (Wildman–Crippen MR) is 58.3 cm³/mol. The van der Waals surface area contributed by atoms with Crippen LogP contribution < -0.4 is 4.74 Å². The van der Waals surface area contributed by atoms with E-state index >= 15 is 0 Å². The van der Waals surface area contributed by atoms with Gasteiger partial charge in [-0.2, -0.15) is 4.39 Å². The molecule has 86 valence electrons. The predicted octanol–water partition coefficient (Wildman–Crippen LogP) is 3.12. The first-order valence-corrected chi connectivity index (χ1v) is 5.27. The average molecular weight is 246 g/mol. The van der Waals surface area contributed by atoms with Gasteiger partial charge in [0.15, 0.2) is 11.6 Å². The van der Waals surface area contributed by atoms with Gasteiger partial charge in [-0.3, -0.25) is 4.99 Å². The Morgan fingerprint density at radius 2 is 2.00 bits per heavy atom. The number of ether oxygens (including phenoxy) is 1. The lowest BCUT2D eigenvalue weighted by Gasteiger charge is -2.16. The number of halogens is 3. The Morgan fingerprint density at radius 1 is 1.31 bits per heavy atom. The van der Waals surface area contributed by atoms with Crippen molar-refractivity contribution in [1.82, 2.24) is 0 Å². The largest absolute Gasteiger partial charge is 0.485 e. The zero-order valence-corrected chi connectivity index (χ0v) is 9.55. The summed E-state index contributed by atoms with van der Waals surface area (Å²) in [6, 6.07) is 2.17. The molecular formula is C11H10ClF2NO. The standard InChI is InChI=1S/C11H10ClF2NO/c1-5-6(2)16-10-7(11(12)15-5)3-4-8(13)9(10)14/h3-6H,1-2H3/t5-,6+/m0/s1. The molecule has 16 heavy (non-hydrogen) atoms. The van der Waals surface area contributed by atoms with Gasteiger partial charge in [0.2, 0.25) is 5.82 Å². The van der Waals surface area contributed by atoms with Gasteiger partial charge in [0.1, 0.15) is 11.3 Å². The van der Waals surface area contributed by atoms with E-state index in [1.807, 2.05) is 0 Å². The topological polar surface area (TPSA) is 21.6 Å². The maximum atomic E-state index is 13.5. The van der Waals surface area contributed by atoms with Gasteiger partial charge < -0.3 is 4.74 Å². The Hall–Kier alpha value is -1.16. The van der Waals surface area contributed by atoms with Crippen LogP contribution in [0.4, 0.5) is 8.78 Å². The van der Waals surface area contributed by atoms with E-state index in [-0.39, 0.29) is 28.6 Å². The molecule has 2 rings (SSSR count). The van der Waals surface area contributed by atoms with Gasteiger partial charge in [-0.05, 0) is 26.0 Å². The molecular weight excluding hydrogens is 236 g/mol. The SMILES string of the molecule is C[C@@H]1N=C(Cl)c2ccc(F)c(F)c2O[C@@H]1C. The third-order valence-electron chi connectivity index (χ3n) is 2.57. The van der Waals surface area contributed by atoms with Gasteiger partial charge >= 0.3 is 0 Å². The Kier molecular flexibility index (Phi) is 2.84. The highest BCUT2D eigenvalue weighted by Gasteiger charge is 2.25. The second-order valence-corrected chi connectivity index (χ2v) is 4.08. The summed E-state index contributed by atoms with van der Waals surface area (Å²) < 4.78 is 31.9. The number of rotatable bonds is 0. The molecule has 1 heterocycles. The minimum atomic E-state index is -1.02. The van der Waals surface area contributed by atoms with Crippen LogP contribution in [0, 0.1) is 11.6 Å². The number of benzene rings is 1. The van der Waals surface area contributed by atoms with Crippen LogP contribution in [0.25, 0.3) is 0 Å². The first-order chi connectivity index (χ1) is 7.50. The molecule has 0 aromatic heterocycles. The maximum Gasteiger partial charge on any atom is 0.201 e.